The number of nitrogens with zero attached hydrogens (tertiary/aromatic N) is 1. The van der Waals surface area contributed by atoms with Gasteiger partial charge in [-0.3, -0.25) is 10.4 Å². The number of benzene rings is 1. The van der Waals surface area contributed by atoms with Gasteiger partial charge in [0, 0.05) is 5.75 Å². The van der Waals surface area contributed by atoms with Crippen LogP contribution >= 0.6 is 11.8 Å². The third-order valence-electron chi connectivity index (χ3n) is 3.36. The first-order chi connectivity index (χ1) is 8.90. The molecule has 19 heavy (non-hydrogen) atoms. The fourth-order valence-corrected chi connectivity index (χ4v) is 3.38. The van der Waals surface area contributed by atoms with E-state index in [4.69, 9.17) is 11.1 Å². The average Bonchev–Trinajstić information content (AvgIpc) is 2.31. The molecule has 5 heteroatoms. The fraction of sp³-hybridized carbons (Fsp3) is 0.429. The smallest absolute Gasteiger partial charge is 0.126 e. The summed E-state index contributed by atoms with van der Waals surface area (Å²) in [5.41, 5.74) is 6.54. The number of hydrogen-bond acceptors (Lipinski definition) is 3. The Morgan fingerprint density at radius 3 is 2.95 bits per heavy atom. The van der Waals surface area contributed by atoms with E-state index in [1.165, 1.54) is 0 Å². The minimum Gasteiger partial charge on any atom is -0.387 e. The van der Waals surface area contributed by atoms with Crippen LogP contribution in [0, 0.1) is 18.2 Å². The maximum Gasteiger partial charge on any atom is 0.126 e. The van der Waals surface area contributed by atoms with Gasteiger partial charge in [0.1, 0.15) is 5.82 Å². The van der Waals surface area contributed by atoms with Crippen LogP contribution < -0.4 is 5.73 Å². The molecule has 0 saturated heterocycles. The summed E-state index contributed by atoms with van der Waals surface area (Å²) in [4.78, 5) is 4.69. The molecule has 0 bridgehead atoms. The number of rotatable bonds is 3. The van der Waals surface area contributed by atoms with E-state index in [-0.39, 0.29) is 11.7 Å². The number of halogens is 1. The third kappa shape index (κ3) is 3.15. The average molecular weight is 279 g/mol. The molecule has 1 aliphatic heterocycles. The molecular weight excluding hydrogens is 261 g/mol. The van der Waals surface area contributed by atoms with Gasteiger partial charge in [-0.25, -0.2) is 4.39 Å². The van der Waals surface area contributed by atoms with Gasteiger partial charge in [-0.15, -0.1) is 11.8 Å². The Morgan fingerprint density at radius 1 is 1.58 bits per heavy atom. The van der Waals surface area contributed by atoms with Crippen molar-refractivity contribution in [1.29, 1.82) is 5.41 Å². The van der Waals surface area contributed by atoms with Crippen LogP contribution in [-0.4, -0.2) is 16.6 Å². The van der Waals surface area contributed by atoms with E-state index in [0.717, 1.165) is 22.8 Å². The van der Waals surface area contributed by atoms with E-state index in [1.54, 1.807) is 30.8 Å². The summed E-state index contributed by atoms with van der Waals surface area (Å²) in [6, 6.07) is 5.29. The molecule has 1 unspecified atom stereocenters. The number of amidine groups is 1. The molecule has 1 aliphatic rings. The molecule has 0 radical (unpaired) electrons. The monoisotopic (exact) mass is 279 g/mol. The van der Waals surface area contributed by atoms with Crippen molar-refractivity contribution in [3.63, 3.8) is 0 Å². The van der Waals surface area contributed by atoms with Gasteiger partial charge in [0.2, 0.25) is 0 Å². The number of aliphatic imine (C=N–C) groups is 1. The van der Waals surface area contributed by atoms with Crippen molar-refractivity contribution < 1.29 is 4.39 Å². The highest BCUT2D eigenvalue weighted by Gasteiger charge is 2.30. The van der Waals surface area contributed by atoms with Gasteiger partial charge >= 0.3 is 0 Å². The van der Waals surface area contributed by atoms with Crippen molar-refractivity contribution in [2.45, 2.75) is 32.2 Å². The lowest BCUT2D eigenvalue weighted by Crippen LogP contribution is -2.27. The van der Waals surface area contributed by atoms with E-state index >= 15 is 0 Å². The Kier molecular flexibility index (Phi) is 3.94. The fourth-order valence-electron chi connectivity index (χ4n) is 2.12. The summed E-state index contributed by atoms with van der Waals surface area (Å²) in [5.74, 6) is 0.837. The summed E-state index contributed by atoms with van der Waals surface area (Å²) in [5, 5.41) is 8.21. The second kappa shape index (κ2) is 5.33. The highest BCUT2D eigenvalue weighted by molar-refractivity contribution is 8.14. The van der Waals surface area contributed by atoms with E-state index in [9.17, 15) is 4.39 Å². The molecule has 1 heterocycles. The summed E-state index contributed by atoms with van der Waals surface area (Å²) >= 11 is 1.63. The SMILES string of the molecule is Cc1ccc(C2(C)CCSC(CC(=N)N)=N2)cc1F. The number of nitrogens with one attached hydrogen (secondary N) is 1. The molecule has 0 saturated carbocycles. The summed E-state index contributed by atoms with van der Waals surface area (Å²) in [6.07, 6.45) is 1.25. The van der Waals surface area contributed by atoms with Gasteiger partial charge in [-0.05, 0) is 37.5 Å². The summed E-state index contributed by atoms with van der Waals surface area (Å²) < 4.78 is 13.7. The Balaban J connectivity index is 2.35. The van der Waals surface area contributed by atoms with Crippen LogP contribution in [0.25, 0.3) is 0 Å². The second-order valence-electron chi connectivity index (χ2n) is 5.04. The maximum absolute atomic E-state index is 13.7. The Hall–Kier alpha value is -1.36. The zero-order valence-corrected chi connectivity index (χ0v) is 12.0. The molecule has 1 atom stereocenters. The van der Waals surface area contributed by atoms with Crippen LogP contribution in [0.5, 0.6) is 0 Å². The van der Waals surface area contributed by atoms with E-state index in [0.29, 0.717) is 12.0 Å². The first-order valence-electron chi connectivity index (χ1n) is 6.22. The minimum absolute atomic E-state index is 0.116. The van der Waals surface area contributed by atoms with Gasteiger partial charge in [-0.1, -0.05) is 12.1 Å². The first-order valence-corrected chi connectivity index (χ1v) is 7.20. The third-order valence-corrected chi connectivity index (χ3v) is 4.34. The minimum atomic E-state index is -0.412. The zero-order chi connectivity index (χ0) is 14.0. The van der Waals surface area contributed by atoms with Gasteiger partial charge in [-0.2, -0.15) is 0 Å². The van der Waals surface area contributed by atoms with Crippen molar-refractivity contribution in [2.75, 3.05) is 5.75 Å². The molecule has 0 aromatic heterocycles. The molecule has 2 rings (SSSR count). The molecule has 0 aliphatic carbocycles. The number of thioether (sulfide) groups is 1. The lowest BCUT2D eigenvalue weighted by Gasteiger charge is -2.31. The molecule has 0 amide bonds. The highest BCUT2D eigenvalue weighted by atomic mass is 32.2. The number of hydrogen-bond donors (Lipinski definition) is 2. The quantitative estimate of drug-likeness (QED) is 0.659. The second-order valence-corrected chi connectivity index (χ2v) is 6.21. The van der Waals surface area contributed by atoms with E-state index in [1.807, 2.05) is 13.0 Å². The summed E-state index contributed by atoms with van der Waals surface area (Å²) in [7, 11) is 0. The normalized spacial score (nSPS) is 23.0. The largest absolute Gasteiger partial charge is 0.387 e. The number of nitrogens with two attached hydrogens (primary N) is 1. The molecule has 0 spiro atoms. The van der Waals surface area contributed by atoms with Crippen molar-refractivity contribution in [1.82, 2.24) is 0 Å². The maximum atomic E-state index is 13.7. The standard InChI is InChI=1S/C14H18FN3S/c1-9-3-4-10(7-11(9)15)14(2)5-6-19-13(18-14)8-12(16)17/h3-4,7H,5-6,8H2,1-2H3,(H3,16,17). The molecule has 0 fully saturated rings. The predicted molar refractivity (Wildman–Crippen MR) is 79.5 cm³/mol. The van der Waals surface area contributed by atoms with Crippen molar-refractivity contribution >= 4 is 22.6 Å². The molecule has 102 valence electrons. The topological polar surface area (TPSA) is 62.2 Å². The van der Waals surface area contributed by atoms with Crippen molar-refractivity contribution in [2.24, 2.45) is 10.7 Å². The molecule has 1 aromatic rings. The first kappa shape index (κ1) is 14.1. The molecule has 3 nitrogen and oxygen atoms in total. The van der Waals surface area contributed by atoms with Crippen LogP contribution in [0.1, 0.15) is 30.9 Å². The lowest BCUT2D eigenvalue weighted by molar-refractivity contribution is 0.477. The van der Waals surface area contributed by atoms with Crippen LogP contribution in [-0.2, 0) is 5.54 Å². The van der Waals surface area contributed by atoms with E-state index in [2.05, 4.69) is 4.99 Å². The molecule has 1 aromatic carbocycles. The Morgan fingerprint density at radius 2 is 2.32 bits per heavy atom. The zero-order valence-electron chi connectivity index (χ0n) is 11.2. The molecule has 3 N–H and O–H groups in total. The van der Waals surface area contributed by atoms with Crippen LogP contribution in [0.2, 0.25) is 0 Å². The number of aryl methyl sites for hydroxylation is 1. The van der Waals surface area contributed by atoms with Crippen molar-refractivity contribution in [3.05, 3.63) is 35.1 Å². The van der Waals surface area contributed by atoms with E-state index < -0.39 is 5.54 Å². The van der Waals surface area contributed by atoms with Gasteiger partial charge in [0.05, 0.1) is 22.8 Å². The van der Waals surface area contributed by atoms with Crippen LogP contribution in [0.4, 0.5) is 4.39 Å². The molecular formula is C14H18FN3S. The van der Waals surface area contributed by atoms with Gasteiger partial charge in [0.15, 0.2) is 0 Å². The Bertz CT molecular complexity index is 541. The Labute approximate surface area is 117 Å². The van der Waals surface area contributed by atoms with Crippen molar-refractivity contribution in [3.8, 4) is 0 Å². The van der Waals surface area contributed by atoms with Crippen LogP contribution in [0.15, 0.2) is 23.2 Å². The van der Waals surface area contributed by atoms with Crippen LogP contribution in [0.3, 0.4) is 0 Å². The highest BCUT2D eigenvalue weighted by Crippen LogP contribution is 2.36. The summed E-state index contributed by atoms with van der Waals surface area (Å²) in [6.45, 7) is 3.76. The predicted octanol–water partition coefficient (Wildman–Crippen LogP) is 3.21. The van der Waals surface area contributed by atoms with Gasteiger partial charge < -0.3 is 5.73 Å². The lowest BCUT2D eigenvalue weighted by atomic mass is 9.89. The van der Waals surface area contributed by atoms with Gasteiger partial charge in [0.25, 0.3) is 0 Å².